The number of carbonyl (C=O) groups excluding carboxylic acids is 2. The zero-order chi connectivity index (χ0) is 20.3. The number of amides is 2. The van der Waals surface area contributed by atoms with E-state index in [0.29, 0.717) is 12.5 Å². The molecular formula is C19H19F3N4O2. The summed E-state index contributed by atoms with van der Waals surface area (Å²) >= 11 is 0. The van der Waals surface area contributed by atoms with Gasteiger partial charge in [0.2, 0.25) is 11.9 Å². The molecular weight excluding hydrogens is 373 g/mol. The Morgan fingerprint density at radius 1 is 1.18 bits per heavy atom. The van der Waals surface area contributed by atoms with Crippen molar-refractivity contribution in [3.8, 4) is 0 Å². The number of rotatable bonds is 6. The Morgan fingerprint density at radius 2 is 1.79 bits per heavy atom. The Morgan fingerprint density at radius 3 is 2.32 bits per heavy atom. The minimum atomic E-state index is -4.47. The van der Waals surface area contributed by atoms with Crippen molar-refractivity contribution in [3.63, 3.8) is 0 Å². The van der Waals surface area contributed by atoms with Crippen LogP contribution in [0, 0.1) is 11.8 Å². The second-order valence-corrected chi connectivity index (χ2v) is 6.85. The Balaban J connectivity index is 1.71. The number of nitrogens with one attached hydrogen (secondary N) is 1. The molecule has 1 N–H and O–H groups in total. The van der Waals surface area contributed by atoms with E-state index in [1.54, 1.807) is 6.07 Å². The lowest BCUT2D eigenvalue weighted by Gasteiger charge is -2.22. The molecule has 0 spiro atoms. The highest BCUT2D eigenvalue weighted by Crippen LogP contribution is 2.38. The standard InChI is InChI=1S/C19H19F3N4O2/c1-12-9-14(12)10-26(11-16(27)25-18-23-7-2-8-24-18)17(28)13-3-5-15(6-4-13)19(20,21)22/h2-8,12,14H,9-11H2,1H3,(H,23,24,25,27)/t12-,14+/m1/s1. The van der Waals surface area contributed by atoms with Crippen LogP contribution in [-0.2, 0) is 11.0 Å². The summed E-state index contributed by atoms with van der Waals surface area (Å²) < 4.78 is 38.2. The predicted molar refractivity (Wildman–Crippen MR) is 95.3 cm³/mol. The number of halogens is 3. The fourth-order valence-corrected chi connectivity index (χ4v) is 2.84. The van der Waals surface area contributed by atoms with Gasteiger partial charge in [0.25, 0.3) is 5.91 Å². The second-order valence-electron chi connectivity index (χ2n) is 6.85. The second kappa shape index (κ2) is 7.95. The van der Waals surface area contributed by atoms with Crippen molar-refractivity contribution in [1.29, 1.82) is 0 Å². The van der Waals surface area contributed by atoms with Gasteiger partial charge in [0.05, 0.1) is 5.56 Å². The Bertz CT molecular complexity index is 841. The molecule has 0 radical (unpaired) electrons. The molecule has 1 aromatic carbocycles. The van der Waals surface area contributed by atoms with Crippen molar-refractivity contribution in [1.82, 2.24) is 14.9 Å². The van der Waals surface area contributed by atoms with Crippen LogP contribution in [0.3, 0.4) is 0 Å². The molecule has 148 valence electrons. The zero-order valence-corrected chi connectivity index (χ0v) is 15.1. The fraction of sp³-hybridized carbons (Fsp3) is 0.368. The summed E-state index contributed by atoms with van der Waals surface area (Å²) in [5, 5.41) is 2.51. The minimum Gasteiger partial charge on any atom is -0.329 e. The fourth-order valence-electron chi connectivity index (χ4n) is 2.84. The van der Waals surface area contributed by atoms with E-state index >= 15 is 0 Å². The highest BCUT2D eigenvalue weighted by atomic mass is 19.4. The third-order valence-corrected chi connectivity index (χ3v) is 4.63. The molecule has 1 aliphatic rings. The van der Waals surface area contributed by atoms with E-state index < -0.39 is 23.6 Å². The maximum Gasteiger partial charge on any atom is 0.416 e. The monoisotopic (exact) mass is 392 g/mol. The van der Waals surface area contributed by atoms with Gasteiger partial charge in [-0.1, -0.05) is 6.92 Å². The van der Waals surface area contributed by atoms with Crippen LogP contribution < -0.4 is 5.32 Å². The molecule has 0 bridgehead atoms. The molecule has 2 aromatic rings. The Kier molecular flexibility index (Phi) is 5.62. The first-order valence-corrected chi connectivity index (χ1v) is 8.77. The van der Waals surface area contributed by atoms with Crippen molar-refractivity contribution < 1.29 is 22.8 Å². The lowest BCUT2D eigenvalue weighted by molar-refractivity contribution is -0.137. The van der Waals surface area contributed by atoms with Gasteiger partial charge in [-0.3, -0.25) is 14.9 Å². The highest BCUT2D eigenvalue weighted by Gasteiger charge is 2.36. The van der Waals surface area contributed by atoms with Crippen LogP contribution in [-0.4, -0.2) is 39.8 Å². The van der Waals surface area contributed by atoms with Gasteiger partial charge in [-0.15, -0.1) is 0 Å². The highest BCUT2D eigenvalue weighted by molar-refractivity contribution is 5.98. The molecule has 1 aliphatic carbocycles. The summed E-state index contributed by atoms with van der Waals surface area (Å²) in [7, 11) is 0. The first-order chi connectivity index (χ1) is 13.2. The van der Waals surface area contributed by atoms with E-state index in [1.807, 2.05) is 6.92 Å². The molecule has 0 saturated heterocycles. The van der Waals surface area contributed by atoms with Crippen LogP contribution in [0.1, 0.15) is 29.3 Å². The number of alkyl halides is 3. The van der Waals surface area contributed by atoms with Crippen LogP contribution in [0.25, 0.3) is 0 Å². The molecule has 3 rings (SSSR count). The number of carbonyl (C=O) groups is 2. The van der Waals surface area contributed by atoms with Gasteiger partial charge in [-0.2, -0.15) is 13.2 Å². The molecule has 6 nitrogen and oxygen atoms in total. The number of hydrogen-bond acceptors (Lipinski definition) is 4. The van der Waals surface area contributed by atoms with Crippen molar-refractivity contribution in [2.45, 2.75) is 19.5 Å². The SMILES string of the molecule is C[C@@H]1C[C@H]1CN(CC(=O)Nc1ncccn1)C(=O)c1ccc(C(F)(F)F)cc1. The van der Waals surface area contributed by atoms with Crippen molar-refractivity contribution in [3.05, 3.63) is 53.9 Å². The zero-order valence-electron chi connectivity index (χ0n) is 15.1. The van der Waals surface area contributed by atoms with Gasteiger partial charge in [0.1, 0.15) is 6.54 Å². The third-order valence-electron chi connectivity index (χ3n) is 4.63. The largest absolute Gasteiger partial charge is 0.416 e. The molecule has 0 unspecified atom stereocenters. The first kappa shape index (κ1) is 19.8. The predicted octanol–water partition coefficient (Wildman–Crippen LogP) is 3.23. The van der Waals surface area contributed by atoms with E-state index in [-0.39, 0.29) is 24.0 Å². The molecule has 1 fully saturated rings. The summed E-state index contributed by atoms with van der Waals surface area (Å²) in [5.41, 5.74) is -0.726. The minimum absolute atomic E-state index is 0.102. The molecule has 9 heteroatoms. The molecule has 2 amide bonds. The summed E-state index contributed by atoms with van der Waals surface area (Å²) in [6.07, 6.45) is -0.584. The van der Waals surface area contributed by atoms with Gasteiger partial charge in [-0.25, -0.2) is 9.97 Å². The summed E-state index contributed by atoms with van der Waals surface area (Å²) in [6.45, 7) is 2.18. The van der Waals surface area contributed by atoms with Crippen LogP contribution in [0.4, 0.5) is 19.1 Å². The summed E-state index contributed by atoms with van der Waals surface area (Å²) in [4.78, 5) is 34.2. The molecule has 2 atom stereocenters. The van der Waals surface area contributed by atoms with E-state index in [4.69, 9.17) is 0 Å². The average molecular weight is 392 g/mol. The Hall–Kier alpha value is -2.97. The maximum atomic E-state index is 12.8. The van der Waals surface area contributed by atoms with E-state index in [1.165, 1.54) is 17.3 Å². The quantitative estimate of drug-likeness (QED) is 0.819. The van der Waals surface area contributed by atoms with Gasteiger partial charge in [0.15, 0.2) is 0 Å². The smallest absolute Gasteiger partial charge is 0.329 e. The summed E-state index contributed by atoms with van der Waals surface area (Å²) in [6, 6.07) is 5.59. The number of nitrogens with zero attached hydrogens (tertiary/aromatic N) is 3. The van der Waals surface area contributed by atoms with Crippen LogP contribution in [0.5, 0.6) is 0 Å². The molecule has 1 heterocycles. The topological polar surface area (TPSA) is 75.2 Å². The van der Waals surface area contributed by atoms with Gasteiger partial charge in [-0.05, 0) is 48.6 Å². The van der Waals surface area contributed by atoms with Crippen molar-refractivity contribution in [2.24, 2.45) is 11.8 Å². The molecule has 1 saturated carbocycles. The van der Waals surface area contributed by atoms with Crippen LogP contribution in [0.2, 0.25) is 0 Å². The number of benzene rings is 1. The van der Waals surface area contributed by atoms with E-state index in [9.17, 15) is 22.8 Å². The van der Waals surface area contributed by atoms with E-state index in [0.717, 1.165) is 30.7 Å². The van der Waals surface area contributed by atoms with E-state index in [2.05, 4.69) is 15.3 Å². The number of hydrogen-bond donors (Lipinski definition) is 1. The first-order valence-electron chi connectivity index (χ1n) is 8.77. The van der Waals surface area contributed by atoms with Gasteiger partial charge < -0.3 is 4.90 Å². The Labute approximate surface area is 159 Å². The lowest BCUT2D eigenvalue weighted by Crippen LogP contribution is -2.39. The van der Waals surface area contributed by atoms with Crippen LogP contribution in [0.15, 0.2) is 42.7 Å². The van der Waals surface area contributed by atoms with Crippen molar-refractivity contribution >= 4 is 17.8 Å². The van der Waals surface area contributed by atoms with Gasteiger partial charge >= 0.3 is 6.18 Å². The number of aromatic nitrogens is 2. The summed E-state index contributed by atoms with van der Waals surface area (Å²) in [5.74, 6) is -0.117. The maximum absolute atomic E-state index is 12.8. The lowest BCUT2D eigenvalue weighted by atomic mass is 10.1. The number of anilines is 1. The molecule has 28 heavy (non-hydrogen) atoms. The normalized spacial score (nSPS) is 18.4. The molecule has 1 aromatic heterocycles. The van der Waals surface area contributed by atoms with Gasteiger partial charge in [0, 0.05) is 24.5 Å². The average Bonchev–Trinajstić information content (AvgIpc) is 3.35. The third kappa shape index (κ3) is 5.05. The van der Waals surface area contributed by atoms with Crippen molar-refractivity contribution in [2.75, 3.05) is 18.4 Å². The molecule has 0 aliphatic heterocycles. The van der Waals surface area contributed by atoms with Crippen LogP contribution >= 0.6 is 0 Å².